The molecule has 3 heterocycles. The summed E-state index contributed by atoms with van der Waals surface area (Å²) >= 11 is 6.43. The maximum atomic E-state index is 13.8. The van der Waals surface area contributed by atoms with Crippen molar-refractivity contribution in [1.82, 2.24) is 19.6 Å². The summed E-state index contributed by atoms with van der Waals surface area (Å²) < 4.78 is 107. The highest BCUT2D eigenvalue weighted by Crippen LogP contribution is 2.49. The lowest BCUT2D eigenvalue weighted by Crippen LogP contribution is -2.36. The van der Waals surface area contributed by atoms with Gasteiger partial charge in [-0.3, -0.25) is 0 Å². The van der Waals surface area contributed by atoms with E-state index in [4.69, 9.17) is 16.7 Å². The number of rotatable bonds is 4. The molecule has 0 spiro atoms. The summed E-state index contributed by atoms with van der Waals surface area (Å²) in [4.78, 5) is 11.0. The molecule has 0 atom stereocenters. The second-order valence-corrected chi connectivity index (χ2v) is 7.47. The maximum Gasteiger partial charge on any atom is 0.459 e. The van der Waals surface area contributed by atoms with E-state index in [0.717, 1.165) is 19.4 Å². The lowest BCUT2D eigenvalue weighted by Gasteiger charge is -2.19. The molecule has 6 nitrogen and oxygen atoms in total. The van der Waals surface area contributed by atoms with E-state index in [1.54, 1.807) is 0 Å². The Morgan fingerprint density at radius 1 is 1.16 bits per heavy atom. The smallest absolute Gasteiger partial charge is 0.459 e. The third-order valence-corrected chi connectivity index (χ3v) is 5.50. The van der Waals surface area contributed by atoms with Crippen LogP contribution in [0.2, 0.25) is 5.02 Å². The van der Waals surface area contributed by atoms with Crippen LogP contribution >= 0.6 is 22.9 Å². The van der Waals surface area contributed by atoms with E-state index in [2.05, 4.69) is 10.2 Å². The normalized spacial score (nSPS) is 13.1. The number of hydrogen-bond donors (Lipinski definition) is 1. The largest absolute Gasteiger partial charge is 0.477 e. The number of carboxylic acid groups (broad SMARTS) is 1. The van der Waals surface area contributed by atoms with Crippen LogP contribution in [-0.2, 0) is 19.1 Å². The van der Waals surface area contributed by atoms with Gasteiger partial charge in [0.25, 0.3) is 0 Å². The fourth-order valence-corrected chi connectivity index (χ4v) is 3.85. The highest BCUT2D eigenvalue weighted by atomic mass is 35.5. The molecule has 0 saturated heterocycles. The van der Waals surface area contributed by atoms with Crippen LogP contribution in [0, 0.1) is 0 Å². The van der Waals surface area contributed by atoms with Crippen LogP contribution < -0.4 is 0 Å². The molecule has 0 amide bonds. The van der Waals surface area contributed by atoms with Gasteiger partial charge in [0, 0.05) is 23.7 Å². The van der Waals surface area contributed by atoms with Gasteiger partial charge in [0.05, 0.1) is 11.2 Å². The van der Waals surface area contributed by atoms with Gasteiger partial charge in [0.15, 0.2) is 11.5 Å². The van der Waals surface area contributed by atoms with E-state index in [1.165, 1.54) is 6.07 Å². The van der Waals surface area contributed by atoms with Crippen LogP contribution in [-0.4, -0.2) is 36.8 Å². The summed E-state index contributed by atoms with van der Waals surface area (Å²) in [7, 11) is 0.742. The number of aromatic nitrogens is 4. The number of thiophene rings is 1. The molecule has 0 bridgehead atoms. The van der Waals surface area contributed by atoms with Crippen molar-refractivity contribution in [3.05, 3.63) is 39.6 Å². The first-order valence-electron chi connectivity index (χ1n) is 7.73. The fraction of sp³-hybridized carbons (Fsp3) is 0.267. The van der Waals surface area contributed by atoms with Crippen LogP contribution in [0.5, 0.6) is 0 Å². The van der Waals surface area contributed by atoms with Crippen LogP contribution in [0.4, 0.5) is 35.1 Å². The van der Waals surface area contributed by atoms with E-state index < -0.39 is 41.3 Å². The van der Waals surface area contributed by atoms with Crippen molar-refractivity contribution in [2.45, 2.75) is 18.3 Å². The Morgan fingerprint density at radius 2 is 1.77 bits per heavy atom. The number of carbonyl (C=O) groups is 1. The van der Waals surface area contributed by atoms with Crippen molar-refractivity contribution in [3.8, 4) is 16.3 Å². The van der Waals surface area contributed by atoms with Crippen molar-refractivity contribution in [2.24, 2.45) is 7.05 Å². The summed E-state index contributed by atoms with van der Waals surface area (Å²) in [5, 5.41) is 15.2. The first-order chi connectivity index (χ1) is 14.1. The molecule has 0 unspecified atom stereocenters. The quantitative estimate of drug-likeness (QED) is 0.496. The van der Waals surface area contributed by atoms with Gasteiger partial charge in [-0.2, -0.15) is 45.3 Å². The van der Waals surface area contributed by atoms with E-state index >= 15 is 0 Å². The molecule has 3 aromatic rings. The fourth-order valence-electron chi connectivity index (χ4n) is 2.62. The first kappa shape index (κ1) is 23.0. The first-order valence-corrected chi connectivity index (χ1v) is 8.92. The minimum atomic E-state index is -6.32. The molecule has 16 heteroatoms. The van der Waals surface area contributed by atoms with Crippen molar-refractivity contribution in [1.29, 1.82) is 0 Å². The van der Waals surface area contributed by atoms with Crippen molar-refractivity contribution in [3.63, 3.8) is 0 Å². The second-order valence-electron chi connectivity index (χ2n) is 6.01. The highest BCUT2D eigenvalue weighted by Gasteiger charge is 2.64. The summed E-state index contributed by atoms with van der Waals surface area (Å²) in [6.45, 7) is 0. The maximum absolute atomic E-state index is 13.8. The van der Waals surface area contributed by atoms with Crippen LogP contribution in [0.1, 0.15) is 20.9 Å². The van der Waals surface area contributed by atoms with Crippen LogP contribution in [0.25, 0.3) is 16.3 Å². The van der Waals surface area contributed by atoms with Gasteiger partial charge in [-0.1, -0.05) is 11.6 Å². The minimum Gasteiger partial charge on any atom is -0.477 e. The molecule has 168 valence electrons. The molecule has 3 rings (SSSR count). The number of alkyl halides is 8. The third kappa shape index (κ3) is 3.86. The molecule has 0 saturated carbocycles. The summed E-state index contributed by atoms with van der Waals surface area (Å²) in [5.41, 5.74) is -4.80. The third-order valence-electron chi connectivity index (χ3n) is 3.92. The number of aryl methyl sites for hydroxylation is 1. The molecule has 0 aliphatic heterocycles. The van der Waals surface area contributed by atoms with Gasteiger partial charge in [-0.25, -0.2) is 14.2 Å². The molecular formula is C15H7ClF8N4O2S. The average Bonchev–Trinajstić information content (AvgIpc) is 3.29. The van der Waals surface area contributed by atoms with E-state index in [9.17, 15) is 39.9 Å². The number of hydrogen-bond acceptors (Lipinski definition) is 4. The van der Waals surface area contributed by atoms with Gasteiger partial charge in [-0.05, 0) is 6.07 Å². The predicted molar refractivity (Wildman–Crippen MR) is 90.6 cm³/mol. The van der Waals surface area contributed by atoms with Crippen LogP contribution in [0.3, 0.4) is 0 Å². The molecule has 0 aliphatic carbocycles. The van der Waals surface area contributed by atoms with Crippen molar-refractivity contribution in [2.75, 3.05) is 0 Å². The molecule has 1 N–H and O–H groups in total. The standard InChI is InChI=1S/C15H7ClF8N4O2S/c1-27-11(8(14(19,20)21)10(26-27)13(17,18)15(22,23)24)28-4-5(3-25-28)7-2-6(16)9(31-7)12(29)30/h2-4H,1H3,(H,29,30). The Bertz CT molecular complexity index is 1160. The zero-order valence-electron chi connectivity index (χ0n) is 14.7. The lowest BCUT2D eigenvalue weighted by atomic mass is 10.1. The Morgan fingerprint density at radius 3 is 2.26 bits per heavy atom. The van der Waals surface area contributed by atoms with Crippen molar-refractivity contribution >= 4 is 28.9 Å². The van der Waals surface area contributed by atoms with E-state index in [-0.39, 0.29) is 25.0 Å². The SMILES string of the molecule is Cn1nc(C(F)(F)C(F)(F)F)c(C(F)(F)F)c1-n1cc(-c2cc(Cl)c(C(=O)O)s2)cn1. The molecular weight excluding hydrogens is 488 g/mol. The summed E-state index contributed by atoms with van der Waals surface area (Å²) in [6, 6.07) is 1.19. The van der Waals surface area contributed by atoms with E-state index in [1.807, 2.05) is 0 Å². The predicted octanol–water partition coefficient (Wildman–Crippen LogP) is 5.36. The van der Waals surface area contributed by atoms with Gasteiger partial charge in [-0.15, -0.1) is 11.3 Å². The number of aromatic carboxylic acids is 1. The molecule has 0 radical (unpaired) electrons. The average molecular weight is 495 g/mol. The Labute approximate surface area is 175 Å². The molecule has 31 heavy (non-hydrogen) atoms. The van der Waals surface area contributed by atoms with Crippen molar-refractivity contribution < 1.29 is 45.0 Å². The molecule has 3 aromatic heterocycles. The molecule has 0 aromatic carbocycles. The Kier molecular flexibility index (Phi) is 5.33. The topological polar surface area (TPSA) is 72.9 Å². The van der Waals surface area contributed by atoms with Gasteiger partial charge >= 0.3 is 24.2 Å². The van der Waals surface area contributed by atoms with Gasteiger partial charge in [0.2, 0.25) is 0 Å². The number of nitrogens with zero attached hydrogens (tertiary/aromatic N) is 4. The van der Waals surface area contributed by atoms with Gasteiger partial charge in [0.1, 0.15) is 10.4 Å². The Balaban J connectivity index is 2.19. The van der Waals surface area contributed by atoms with E-state index in [0.29, 0.717) is 16.0 Å². The summed E-state index contributed by atoms with van der Waals surface area (Å²) in [6.07, 6.45) is -10.1. The molecule has 0 aliphatic rings. The summed E-state index contributed by atoms with van der Waals surface area (Å²) in [5.74, 6) is -8.45. The highest BCUT2D eigenvalue weighted by molar-refractivity contribution is 7.18. The Hall–Kier alpha value is -2.68. The lowest BCUT2D eigenvalue weighted by molar-refractivity contribution is -0.292. The zero-order chi connectivity index (χ0) is 23.5. The zero-order valence-corrected chi connectivity index (χ0v) is 16.3. The monoisotopic (exact) mass is 494 g/mol. The second kappa shape index (κ2) is 7.19. The van der Waals surface area contributed by atoms with Gasteiger partial charge < -0.3 is 5.11 Å². The number of carboxylic acids is 1. The molecule has 0 fully saturated rings. The minimum absolute atomic E-state index is 0.0397. The van der Waals surface area contributed by atoms with Crippen LogP contribution in [0.15, 0.2) is 18.5 Å². The number of halogens is 9.